The monoisotopic (exact) mass is 320 g/mol. The Kier molecular flexibility index (Phi) is 3.75. The minimum absolute atomic E-state index is 0.115. The lowest BCUT2D eigenvalue weighted by Crippen LogP contribution is -2.42. The van der Waals surface area contributed by atoms with Crippen LogP contribution in [0.3, 0.4) is 0 Å². The Labute approximate surface area is 132 Å². The summed E-state index contributed by atoms with van der Waals surface area (Å²) in [5, 5.41) is 2.85. The van der Waals surface area contributed by atoms with Crippen LogP contribution in [0.1, 0.15) is 6.42 Å². The van der Waals surface area contributed by atoms with E-state index in [0.29, 0.717) is 6.54 Å². The van der Waals surface area contributed by atoms with Crippen molar-refractivity contribution in [2.24, 2.45) is 23.7 Å². The Bertz CT molecular complexity index is 522. The molecule has 0 unspecified atom stereocenters. The first kappa shape index (κ1) is 15.5. The number of likely N-dealkylation sites (tertiary alicyclic amines) is 1. The molecule has 5 nitrogen and oxygen atoms in total. The highest BCUT2D eigenvalue weighted by molar-refractivity contribution is 6.76. The molecule has 120 valence electrons. The molecule has 3 rings (SSSR count). The van der Waals surface area contributed by atoms with Crippen molar-refractivity contribution in [3.63, 3.8) is 0 Å². The van der Waals surface area contributed by atoms with Crippen LogP contribution in [-0.2, 0) is 14.4 Å². The zero-order valence-electron chi connectivity index (χ0n) is 13.5. The zero-order valence-corrected chi connectivity index (χ0v) is 14.5. The van der Waals surface area contributed by atoms with Gasteiger partial charge in [-0.1, -0.05) is 31.8 Å². The van der Waals surface area contributed by atoms with Crippen molar-refractivity contribution in [1.29, 1.82) is 0 Å². The number of rotatable bonds is 5. The summed E-state index contributed by atoms with van der Waals surface area (Å²) in [5.41, 5.74) is 0. The first-order valence-corrected chi connectivity index (χ1v) is 11.8. The molecule has 0 aromatic rings. The number of hydrogen-bond acceptors (Lipinski definition) is 3. The van der Waals surface area contributed by atoms with E-state index in [2.05, 4.69) is 37.1 Å². The molecule has 1 heterocycles. The Morgan fingerprint density at radius 2 is 1.73 bits per heavy atom. The van der Waals surface area contributed by atoms with Gasteiger partial charge in [-0.25, -0.2) is 0 Å². The maximum Gasteiger partial charge on any atom is 0.240 e. The van der Waals surface area contributed by atoms with Crippen LogP contribution >= 0.6 is 0 Å². The fraction of sp³-hybridized carbons (Fsp3) is 0.688. The van der Waals surface area contributed by atoms with Gasteiger partial charge in [-0.2, -0.15) is 0 Å². The average molecular weight is 320 g/mol. The highest BCUT2D eigenvalue weighted by Crippen LogP contribution is 2.52. The Morgan fingerprint density at radius 1 is 1.18 bits per heavy atom. The van der Waals surface area contributed by atoms with Gasteiger partial charge in [0.2, 0.25) is 17.7 Å². The van der Waals surface area contributed by atoms with Gasteiger partial charge >= 0.3 is 0 Å². The Morgan fingerprint density at radius 3 is 2.23 bits per heavy atom. The number of nitrogens with zero attached hydrogens (tertiary/aromatic N) is 1. The van der Waals surface area contributed by atoms with E-state index in [-0.39, 0.29) is 47.9 Å². The molecule has 0 spiro atoms. The molecule has 0 aromatic carbocycles. The van der Waals surface area contributed by atoms with E-state index in [1.165, 1.54) is 4.90 Å². The van der Waals surface area contributed by atoms with E-state index in [0.717, 1.165) is 12.5 Å². The zero-order chi connectivity index (χ0) is 16.1. The minimum Gasteiger partial charge on any atom is -0.355 e. The number of amides is 3. The summed E-state index contributed by atoms with van der Waals surface area (Å²) < 4.78 is 0. The molecular weight excluding hydrogens is 296 g/mol. The summed E-state index contributed by atoms with van der Waals surface area (Å²) in [4.78, 5) is 38.1. The fourth-order valence-corrected chi connectivity index (χ4v) is 4.77. The number of carbonyl (C=O) groups excluding carboxylic acids is 3. The third-order valence-electron chi connectivity index (χ3n) is 5.06. The van der Waals surface area contributed by atoms with Gasteiger partial charge in [-0.15, -0.1) is 0 Å². The lowest BCUT2D eigenvalue weighted by Gasteiger charge is -2.18. The molecule has 1 N–H and O–H groups in total. The molecule has 3 amide bonds. The summed E-state index contributed by atoms with van der Waals surface area (Å²) in [6.07, 6.45) is 5.05. The third-order valence-corrected chi connectivity index (χ3v) is 6.81. The number of carbonyl (C=O) groups is 3. The third kappa shape index (κ3) is 2.64. The lowest BCUT2D eigenvalue weighted by atomic mass is 9.85. The molecule has 3 aliphatic rings. The summed E-state index contributed by atoms with van der Waals surface area (Å²) in [7, 11) is -1.19. The summed E-state index contributed by atoms with van der Waals surface area (Å²) >= 11 is 0. The molecule has 2 fully saturated rings. The maximum atomic E-state index is 12.5. The molecule has 6 heteroatoms. The Balaban J connectivity index is 1.57. The van der Waals surface area contributed by atoms with Gasteiger partial charge in [0, 0.05) is 14.6 Å². The summed E-state index contributed by atoms with van der Waals surface area (Å²) in [6, 6.07) is 1.000. The van der Waals surface area contributed by atoms with Gasteiger partial charge in [0.25, 0.3) is 0 Å². The van der Waals surface area contributed by atoms with Crippen molar-refractivity contribution in [2.45, 2.75) is 32.1 Å². The first-order chi connectivity index (χ1) is 10.3. The van der Waals surface area contributed by atoms with Crippen LogP contribution in [0.4, 0.5) is 0 Å². The second-order valence-corrected chi connectivity index (χ2v) is 13.5. The van der Waals surface area contributed by atoms with Crippen molar-refractivity contribution >= 4 is 25.8 Å². The fourth-order valence-electron chi connectivity index (χ4n) is 3.90. The number of nitrogens with one attached hydrogen (secondary N) is 1. The minimum atomic E-state index is -1.19. The van der Waals surface area contributed by atoms with E-state index in [4.69, 9.17) is 0 Å². The molecule has 0 radical (unpaired) electrons. The number of hydrogen-bond donors (Lipinski definition) is 1. The van der Waals surface area contributed by atoms with Crippen LogP contribution < -0.4 is 5.32 Å². The molecule has 4 atom stereocenters. The average Bonchev–Trinajstić information content (AvgIpc) is 3.07. The van der Waals surface area contributed by atoms with Gasteiger partial charge in [0.15, 0.2) is 0 Å². The SMILES string of the molecule is C[Si](C)(C)CCNC(=O)CN1C(=O)[C@@H]2[C@@H](C1=O)[C@H]1C=C[C@H]2C1. The van der Waals surface area contributed by atoms with Crippen LogP contribution in [-0.4, -0.2) is 43.8 Å². The smallest absolute Gasteiger partial charge is 0.240 e. The van der Waals surface area contributed by atoms with Gasteiger partial charge in [0.05, 0.1) is 11.8 Å². The largest absolute Gasteiger partial charge is 0.355 e. The van der Waals surface area contributed by atoms with Crippen LogP contribution in [0.25, 0.3) is 0 Å². The van der Waals surface area contributed by atoms with Crippen molar-refractivity contribution in [1.82, 2.24) is 10.2 Å². The molecule has 22 heavy (non-hydrogen) atoms. The van der Waals surface area contributed by atoms with E-state index < -0.39 is 8.07 Å². The quantitative estimate of drug-likeness (QED) is 0.471. The van der Waals surface area contributed by atoms with Crippen molar-refractivity contribution in [2.75, 3.05) is 13.1 Å². The normalized spacial score (nSPS) is 32.8. The molecule has 2 aliphatic carbocycles. The summed E-state index contributed by atoms with van der Waals surface area (Å²) in [6.45, 7) is 7.25. The van der Waals surface area contributed by atoms with E-state index in [1.807, 2.05) is 0 Å². The highest BCUT2D eigenvalue weighted by Gasteiger charge is 2.59. The van der Waals surface area contributed by atoms with Gasteiger partial charge in [-0.3, -0.25) is 19.3 Å². The Hall–Kier alpha value is -1.43. The maximum absolute atomic E-state index is 12.5. The molecule has 1 saturated heterocycles. The van der Waals surface area contributed by atoms with Crippen LogP contribution in [0.5, 0.6) is 0 Å². The van der Waals surface area contributed by atoms with E-state index in [1.54, 1.807) is 0 Å². The van der Waals surface area contributed by atoms with E-state index in [9.17, 15) is 14.4 Å². The lowest BCUT2D eigenvalue weighted by molar-refractivity contribution is -0.144. The predicted molar refractivity (Wildman–Crippen MR) is 85.6 cm³/mol. The van der Waals surface area contributed by atoms with Crippen molar-refractivity contribution in [3.05, 3.63) is 12.2 Å². The number of allylic oxidation sites excluding steroid dienone is 2. The van der Waals surface area contributed by atoms with Crippen LogP contribution in [0, 0.1) is 23.7 Å². The molecule has 1 saturated carbocycles. The predicted octanol–water partition coefficient (Wildman–Crippen LogP) is 1.25. The van der Waals surface area contributed by atoms with Crippen molar-refractivity contribution < 1.29 is 14.4 Å². The van der Waals surface area contributed by atoms with Gasteiger partial charge < -0.3 is 5.32 Å². The summed E-state index contributed by atoms with van der Waals surface area (Å²) in [5.74, 6) is -0.535. The van der Waals surface area contributed by atoms with E-state index >= 15 is 0 Å². The first-order valence-electron chi connectivity index (χ1n) is 8.08. The topological polar surface area (TPSA) is 66.5 Å². The van der Waals surface area contributed by atoms with Crippen LogP contribution in [0.15, 0.2) is 12.2 Å². The standard InChI is InChI=1S/C16H24N2O3Si/c1-22(2,3)7-6-17-12(19)9-18-15(20)13-10-4-5-11(8-10)14(13)16(18)21/h4-5,10-11,13-14H,6-9H2,1-3H3,(H,17,19)/t10-,11-,13-,14-/m0/s1. The second kappa shape index (κ2) is 5.33. The molecule has 2 bridgehead atoms. The highest BCUT2D eigenvalue weighted by atomic mass is 28.3. The molecule has 0 aromatic heterocycles. The molecular formula is C16H24N2O3Si. The van der Waals surface area contributed by atoms with Crippen LogP contribution in [0.2, 0.25) is 25.7 Å². The van der Waals surface area contributed by atoms with Gasteiger partial charge in [-0.05, 0) is 24.3 Å². The second-order valence-electron chi connectivity index (χ2n) is 7.92. The van der Waals surface area contributed by atoms with Crippen molar-refractivity contribution in [3.8, 4) is 0 Å². The molecule has 1 aliphatic heterocycles. The number of fused-ring (bicyclic) bond motifs is 5. The number of imide groups is 1. The van der Waals surface area contributed by atoms with Gasteiger partial charge in [0.1, 0.15) is 6.54 Å².